The number of hydrogen-bond donors (Lipinski definition) is 0. The van der Waals surface area contributed by atoms with Crippen LogP contribution < -0.4 is 0 Å². The standard InChI is InChI=1S/C26H24N4O2S/c1-19-10-9-13-21(16-19)24-17-25(30(27-24)33(2,31)32)23-18-29(22-14-7-4-8-15-22)28-26(23)20-11-5-3-6-12-20/h3-16,18,25H,17H2,1-2H3/t25-/m0/s1. The Hall–Kier alpha value is -3.71. The van der Waals surface area contributed by atoms with Crippen LogP contribution in [-0.4, -0.2) is 34.6 Å². The molecule has 0 amide bonds. The molecule has 0 radical (unpaired) electrons. The van der Waals surface area contributed by atoms with Crippen LogP contribution in [0.4, 0.5) is 0 Å². The topological polar surface area (TPSA) is 67.6 Å². The van der Waals surface area contributed by atoms with Crippen LogP contribution in [0, 0.1) is 6.92 Å². The van der Waals surface area contributed by atoms with Gasteiger partial charge in [-0.3, -0.25) is 0 Å². The van der Waals surface area contributed by atoms with E-state index in [-0.39, 0.29) is 0 Å². The van der Waals surface area contributed by atoms with Gasteiger partial charge in [-0.25, -0.2) is 13.1 Å². The van der Waals surface area contributed by atoms with Gasteiger partial charge in [-0.15, -0.1) is 0 Å². The maximum absolute atomic E-state index is 12.8. The van der Waals surface area contributed by atoms with Crippen molar-refractivity contribution in [1.29, 1.82) is 0 Å². The Bertz CT molecular complexity index is 1430. The molecular formula is C26H24N4O2S. The number of sulfonamides is 1. The second-order valence-electron chi connectivity index (χ2n) is 8.25. The molecule has 1 atom stereocenters. The number of nitrogens with zero attached hydrogens (tertiary/aromatic N) is 4. The normalized spacial score (nSPS) is 16.1. The second-order valence-corrected chi connectivity index (χ2v) is 10.1. The molecule has 1 aliphatic heterocycles. The lowest BCUT2D eigenvalue weighted by Gasteiger charge is -2.21. The first-order valence-corrected chi connectivity index (χ1v) is 12.6. The highest BCUT2D eigenvalue weighted by molar-refractivity contribution is 7.88. The van der Waals surface area contributed by atoms with Crippen molar-refractivity contribution in [2.24, 2.45) is 5.10 Å². The van der Waals surface area contributed by atoms with Gasteiger partial charge in [-0.05, 0) is 24.6 Å². The molecule has 5 rings (SSSR count). The minimum absolute atomic E-state index is 0.469. The fourth-order valence-electron chi connectivity index (χ4n) is 4.19. The molecule has 0 saturated heterocycles. The molecular weight excluding hydrogens is 432 g/mol. The predicted molar refractivity (Wildman–Crippen MR) is 131 cm³/mol. The van der Waals surface area contributed by atoms with E-state index in [2.05, 4.69) is 5.10 Å². The highest BCUT2D eigenvalue weighted by Crippen LogP contribution is 2.39. The van der Waals surface area contributed by atoms with E-state index in [1.165, 1.54) is 10.7 Å². The quantitative estimate of drug-likeness (QED) is 0.426. The minimum Gasteiger partial charge on any atom is -0.240 e. The van der Waals surface area contributed by atoms with Gasteiger partial charge >= 0.3 is 0 Å². The number of benzene rings is 3. The number of aryl methyl sites for hydroxylation is 1. The summed E-state index contributed by atoms with van der Waals surface area (Å²) in [6.07, 6.45) is 3.60. The SMILES string of the molecule is Cc1cccc(C2=NN(S(C)(=O)=O)[C@H](c3cn(-c4ccccc4)nc3-c3ccccc3)C2)c1. The Morgan fingerprint density at radius 3 is 2.21 bits per heavy atom. The molecule has 4 aromatic rings. The molecule has 1 aliphatic rings. The molecule has 0 fully saturated rings. The molecule has 0 spiro atoms. The fraction of sp³-hybridized carbons (Fsp3) is 0.154. The van der Waals surface area contributed by atoms with E-state index in [1.807, 2.05) is 103 Å². The number of aromatic nitrogens is 2. The van der Waals surface area contributed by atoms with E-state index in [4.69, 9.17) is 5.10 Å². The smallest absolute Gasteiger partial charge is 0.240 e. The number of rotatable bonds is 5. The van der Waals surface area contributed by atoms with Crippen molar-refractivity contribution in [3.8, 4) is 16.9 Å². The van der Waals surface area contributed by atoms with E-state index in [0.29, 0.717) is 6.42 Å². The number of hydrogen-bond acceptors (Lipinski definition) is 4. The summed E-state index contributed by atoms with van der Waals surface area (Å²) in [6, 6.07) is 27.2. The zero-order chi connectivity index (χ0) is 23.0. The second kappa shape index (κ2) is 8.33. The summed E-state index contributed by atoms with van der Waals surface area (Å²) < 4.78 is 28.6. The van der Waals surface area contributed by atoms with Crippen LogP contribution in [0.25, 0.3) is 16.9 Å². The molecule has 0 aliphatic carbocycles. The molecule has 6 nitrogen and oxygen atoms in total. The molecule has 7 heteroatoms. The largest absolute Gasteiger partial charge is 0.247 e. The summed E-state index contributed by atoms with van der Waals surface area (Å²) in [5.74, 6) is 0. The molecule has 3 aromatic carbocycles. The van der Waals surface area contributed by atoms with Crippen LogP contribution in [-0.2, 0) is 10.0 Å². The highest BCUT2D eigenvalue weighted by Gasteiger charge is 2.37. The van der Waals surface area contributed by atoms with E-state index < -0.39 is 16.1 Å². The van der Waals surface area contributed by atoms with Gasteiger partial charge in [-0.1, -0.05) is 78.4 Å². The Balaban J connectivity index is 1.65. The van der Waals surface area contributed by atoms with Crippen molar-refractivity contribution in [2.75, 3.05) is 6.26 Å². The maximum Gasteiger partial charge on any atom is 0.247 e. The first kappa shape index (κ1) is 21.2. The summed E-state index contributed by atoms with van der Waals surface area (Å²) in [6.45, 7) is 2.02. The summed E-state index contributed by atoms with van der Waals surface area (Å²) >= 11 is 0. The van der Waals surface area contributed by atoms with Gasteiger partial charge < -0.3 is 0 Å². The third-order valence-electron chi connectivity index (χ3n) is 5.73. The zero-order valence-corrected chi connectivity index (χ0v) is 19.3. The van der Waals surface area contributed by atoms with Crippen LogP contribution in [0.15, 0.2) is 96.2 Å². The summed E-state index contributed by atoms with van der Waals surface area (Å²) in [5.41, 5.74) is 6.19. The molecule has 0 bridgehead atoms. The van der Waals surface area contributed by atoms with Gasteiger partial charge in [0, 0.05) is 23.7 Å². The lowest BCUT2D eigenvalue weighted by Crippen LogP contribution is -2.26. The van der Waals surface area contributed by atoms with Crippen molar-refractivity contribution in [2.45, 2.75) is 19.4 Å². The third kappa shape index (κ3) is 4.19. The first-order valence-electron chi connectivity index (χ1n) is 10.7. The molecule has 0 unspecified atom stereocenters. The fourth-order valence-corrected chi connectivity index (χ4v) is 5.09. The van der Waals surface area contributed by atoms with E-state index in [1.54, 1.807) is 0 Å². The first-order chi connectivity index (χ1) is 15.9. The van der Waals surface area contributed by atoms with Gasteiger partial charge in [0.1, 0.15) is 0 Å². The van der Waals surface area contributed by atoms with Crippen LogP contribution in [0.3, 0.4) is 0 Å². The zero-order valence-electron chi connectivity index (χ0n) is 18.5. The average Bonchev–Trinajstić information content (AvgIpc) is 3.45. The number of hydrazone groups is 1. The Kier molecular flexibility index (Phi) is 5.34. The monoisotopic (exact) mass is 456 g/mol. The summed E-state index contributed by atoms with van der Waals surface area (Å²) in [4.78, 5) is 0. The lowest BCUT2D eigenvalue weighted by molar-refractivity contribution is 0.375. The summed E-state index contributed by atoms with van der Waals surface area (Å²) in [5, 5.41) is 9.44. The van der Waals surface area contributed by atoms with Gasteiger partial charge in [0.05, 0.1) is 29.4 Å². The van der Waals surface area contributed by atoms with E-state index >= 15 is 0 Å². The van der Waals surface area contributed by atoms with Crippen molar-refractivity contribution < 1.29 is 8.42 Å². The van der Waals surface area contributed by atoms with Gasteiger partial charge in [0.25, 0.3) is 0 Å². The molecule has 1 aromatic heterocycles. The van der Waals surface area contributed by atoms with Crippen molar-refractivity contribution in [3.63, 3.8) is 0 Å². The molecule has 0 saturated carbocycles. The van der Waals surface area contributed by atoms with Crippen LogP contribution >= 0.6 is 0 Å². The maximum atomic E-state index is 12.8. The summed E-state index contributed by atoms with van der Waals surface area (Å²) in [7, 11) is -3.60. The lowest BCUT2D eigenvalue weighted by atomic mass is 9.96. The Morgan fingerprint density at radius 2 is 1.55 bits per heavy atom. The Morgan fingerprint density at radius 1 is 0.879 bits per heavy atom. The third-order valence-corrected chi connectivity index (χ3v) is 6.75. The molecule has 33 heavy (non-hydrogen) atoms. The molecule has 0 N–H and O–H groups in total. The highest BCUT2D eigenvalue weighted by atomic mass is 32.2. The van der Waals surface area contributed by atoms with E-state index in [0.717, 1.165) is 39.3 Å². The van der Waals surface area contributed by atoms with Crippen LogP contribution in [0.5, 0.6) is 0 Å². The number of para-hydroxylation sites is 1. The average molecular weight is 457 g/mol. The molecule has 166 valence electrons. The van der Waals surface area contributed by atoms with Gasteiger partial charge in [-0.2, -0.15) is 14.6 Å². The Labute approximate surface area is 193 Å². The van der Waals surface area contributed by atoms with Crippen LogP contribution in [0.1, 0.15) is 29.2 Å². The van der Waals surface area contributed by atoms with Gasteiger partial charge in [0.2, 0.25) is 10.0 Å². The van der Waals surface area contributed by atoms with Crippen molar-refractivity contribution >= 4 is 15.7 Å². The van der Waals surface area contributed by atoms with Crippen molar-refractivity contribution in [1.82, 2.24) is 14.2 Å². The van der Waals surface area contributed by atoms with Crippen molar-refractivity contribution in [3.05, 3.63) is 108 Å². The van der Waals surface area contributed by atoms with Gasteiger partial charge in [0.15, 0.2) is 0 Å². The van der Waals surface area contributed by atoms with E-state index in [9.17, 15) is 8.42 Å². The predicted octanol–water partition coefficient (Wildman–Crippen LogP) is 4.96. The minimum atomic E-state index is -3.60. The van der Waals surface area contributed by atoms with Crippen LogP contribution in [0.2, 0.25) is 0 Å². The molecule has 2 heterocycles.